The Bertz CT molecular complexity index is 1160. The minimum Gasteiger partial charge on any atom is -0.508 e. The molecule has 7 nitrogen and oxygen atoms in total. The summed E-state index contributed by atoms with van der Waals surface area (Å²) in [4.78, 5) is 28.0. The Morgan fingerprint density at radius 1 is 1.07 bits per heavy atom. The summed E-state index contributed by atoms with van der Waals surface area (Å²) in [5, 5.41) is 10.1. The van der Waals surface area contributed by atoms with Gasteiger partial charge in [0.05, 0.1) is 6.42 Å². The fraction of sp³-hybridized carbons (Fsp3) is 0.150. The number of benzene rings is 2. The van der Waals surface area contributed by atoms with E-state index in [9.17, 15) is 14.7 Å². The third kappa shape index (κ3) is 3.67. The van der Waals surface area contributed by atoms with Crippen molar-refractivity contribution in [1.82, 2.24) is 4.98 Å². The number of aromatic nitrogens is 1. The van der Waals surface area contributed by atoms with Crippen molar-refractivity contribution in [2.24, 2.45) is 0 Å². The number of oxazole rings is 1. The zero-order valence-electron chi connectivity index (χ0n) is 14.2. The first-order valence-electron chi connectivity index (χ1n) is 8.34. The van der Waals surface area contributed by atoms with Gasteiger partial charge in [0.15, 0.2) is 11.5 Å². The van der Waals surface area contributed by atoms with Gasteiger partial charge in [-0.05, 0) is 24.3 Å². The summed E-state index contributed by atoms with van der Waals surface area (Å²) >= 11 is 0. The first-order chi connectivity index (χ1) is 13.1. The number of nitrogens with zero attached hydrogens (tertiary/aromatic N) is 1. The van der Waals surface area contributed by atoms with Crippen molar-refractivity contribution in [1.29, 1.82) is 0 Å². The molecule has 0 amide bonds. The molecule has 0 saturated heterocycles. The van der Waals surface area contributed by atoms with E-state index >= 15 is 0 Å². The van der Waals surface area contributed by atoms with Crippen molar-refractivity contribution in [3.63, 3.8) is 0 Å². The van der Waals surface area contributed by atoms with Crippen LogP contribution in [0.3, 0.4) is 0 Å². The predicted molar refractivity (Wildman–Crippen MR) is 96.3 cm³/mol. The molecule has 4 rings (SSSR count). The van der Waals surface area contributed by atoms with Gasteiger partial charge in [-0.2, -0.15) is 0 Å². The van der Waals surface area contributed by atoms with Crippen LogP contribution in [0.4, 0.5) is 0 Å². The highest BCUT2D eigenvalue weighted by atomic mass is 16.5. The molecule has 0 bridgehead atoms. The smallest absolute Gasteiger partial charge is 0.336 e. The second-order valence-electron chi connectivity index (χ2n) is 6.01. The Balaban J connectivity index is 1.42. The average molecular weight is 365 g/mol. The van der Waals surface area contributed by atoms with Gasteiger partial charge in [-0.25, -0.2) is 9.78 Å². The summed E-state index contributed by atoms with van der Waals surface area (Å²) in [5.41, 5.74) is 1.58. The first kappa shape index (κ1) is 16.8. The van der Waals surface area contributed by atoms with Gasteiger partial charge in [0.25, 0.3) is 0 Å². The van der Waals surface area contributed by atoms with Gasteiger partial charge >= 0.3 is 11.6 Å². The lowest BCUT2D eigenvalue weighted by atomic mass is 10.1. The molecule has 0 fully saturated rings. The summed E-state index contributed by atoms with van der Waals surface area (Å²) in [6.45, 7) is -0.0702. The van der Waals surface area contributed by atoms with Crippen molar-refractivity contribution in [3.8, 4) is 5.75 Å². The third-order valence-electron chi connectivity index (χ3n) is 4.08. The molecule has 0 aliphatic rings. The number of para-hydroxylation sites is 2. The number of carbonyl (C=O) groups excluding carboxylic acids is 1. The minimum atomic E-state index is -0.578. The molecule has 0 aliphatic heterocycles. The van der Waals surface area contributed by atoms with E-state index in [4.69, 9.17) is 13.6 Å². The van der Waals surface area contributed by atoms with Crippen molar-refractivity contribution >= 4 is 28.0 Å². The molecule has 2 heterocycles. The maximum atomic E-state index is 12.0. The zero-order valence-corrected chi connectivity index (χ0v) is 14.2. The number of rotatable bonds is 5. The fourth-order valence-electron chi connectivity index (χ4n) is 2.80. The molecule has 0 aliphatic carbocycles. The zero-order chi connectivity index (χ0) is 18.8. The summed E-state index contributed by atoms with van der Waals surface area (Å²) in [6, 6.07) is 13.1. The van der Waals surface area contributed by atoms with E-state index in [1.165, 1.54) is 18.2 Å². The SMILES string of the molecule is O=C(CCc1nc2ccccc2o1)OCc1cc(=O)oc2cc(O)ccc12. The molecule has 0 atom stereocenters. The van der Waals surface area contributed by atoms with Crippen molar-refractivity contribution < 1.29 is 23.5 Å². The van der Waals surface area contributed by atoms with Crippen LogP contribution in [0.1, 0.15) is 17.9 Å². The Morgan fingerprint density at radius 3 is 2.78 bits per heavy atom. The number of fused-ring (bicyclic) bond motifs is 2. The van der Waals surface area contributed by atoms with Gasteiger partial charge in [-0.15, -0.1) is 0 Å². The summed E-state index contributed by atoms with van der Waals surface area (Å²) in [5.74, 6) is 0.0185. The fourth-order valence-corrected chi connectivity index (χ4v) is 2.80. The van der Waals surface area contributed by atoms with Gasteiger partial charge in [-0.3, -0.25) is 4.79 Å². The number of hydrogen-bond acceptors (Lipinski definition) is 7. The molecule has 2 aromatic heterocycles. The molecule has 1 N–H and O–H groups in total. The highest BCUT2D eigenvalue weighted by molar-refractivity contribution is 5.81. The van der Waals surface area contributed by atoms with Gasteiger partial charge in [0.1, 0.15) is 23.5 Å². The van der Waals surface area contributed by atoms with Crippen molar-refractivity contribution in [2.75, 3.05) is 0 Å². The van der Waals surface area contributed by atoms with E-state index in [1.54, 1.807) is 6.07 Å². The van der Waals surface area contributed by atoms with Crippen LogP contribution >= 0.6 is 0 Å². The number of ether oxygens (including phenoxy) is 1. The molecule has 0 radical (unpaired) electrons. The summed E-state index contributed by atoms with van der Waals surface area (Å²) in [7, 11) is 0. The van der Waals surface area contributed by atoms with E-state index in [1.807, 2.05) is 24.3 Å². The normalized spacial score (nSPS) is 11.1. The van der Waals surface area contributed by atoms with E-state index in [2.05, 4.69) is 4.98 Å². The topological polar surface area (TPSA) is 103 Å². The monoisotopic (exact) mass is 365 g/mol. The first-order valence-corrected chi connectivity index (χ1v) is 8.34. The number of carbonyl (C=O) groups is 1. The third-order valence-corrected chi connectivity index (χ3v) is 4.08. The number of phenols is 1. The largest absolute Gasteiger partial charge is 0.508 e. The Hall–Kier alpha value is -3.61. The number of esters is 1. The summed E-state index contributed by atoms with van der Waals surface area (Å²) < 4.78 is 15.9. The van der Waals surface area contributed by atoms with Crippen molar-refractivity contribution in [3.05, 3.63) is 70.4 Å². The van der Waals surface area contributed by atoms with E-state index in [0.29, 0.717) is 28.8 Å². The van der Waals surface area contributed by atoms with E-state index < -0.39 is 11.6 Å². The van der Waals surface area contributed by atoms with Crippen LogP contribution in [0, 0.1) is 0 Å². The van der Waals surface area contributed by atoms with Crippen LogP contribution in [-0.2, 0) is 22.6 Å². The molecule has 0 spiro atoms. The van der Waals surface area contributed by atoms with Gasteiger partial charge in [-0.1, -0.05) is 12.1 Å². The van der Waals surface area contributed by atoms with Gasteiger partial charge < -0.3 is 18.7 Å². The van der Waals surface area contributed by atoms with Gasteiger partial charge in [0, 0.05) is 29.5 Å². The quantitative estimate of drug-likeness (QED) is 0.427. The molecule has 0 unspecified atom stereocenters. The highest BCUT2D eigenvalue weighted by Gasteiger charge is 2.12. The molecular weight excluding hydrogens is 350 g/mol. The molecule has 0 saturated carbocycles. The van der Waals surface area contributed by atoms with Crippen LogP contribution < -0.4 is 5.63 Å². The average Bonchev–Trinajstić information content (AvgIpc) is 3.07. The number of hydrogen-bond donors (Lipinski definition) is 1. The lowest BCUT2D eigenvalue weighted by Crippen LogP contribution is -2.08. The van der Waals surface area contributed by atoms with Crippen LogP contribution in [0.25, 0.3) is 22.1 Å². The maximum Gasteiger partial charge on any atom is 0.336 e. The number of phenolic OH excluding ortho intramolecular Hbond substituents is 1. The second-order valence-corrected chi connectivity index (χ2v) is 6.01. The van der Waals surface area contributed by atoms with Crippen LogP contribution in [0.2, 0.25) is 0 Å². The number of aromatic hydroxyl groups is 1. The van der Waals surface area contributed by atoms with Crippen LogP contribution in [-0.4, -0.2) is 16.1 Å². The molecule has 4 aromatic rings. The molecular formula is C20H15NO6. The maximum absolute atomic E-state index is 12.0. The minimum absolute atomic E-state index is 0.0156. The molecule has 27 heavy (non-hydrogen) atoms. The predicted octanol–water partition coefficient (Wildman–Crippen LogP) is 3.32. The van der Waals surface area contributed by atoms with E-state index in [0.717, 1.165) is 5.52 Å². The Kier molecular flexibility index (Phi) is 4.33. The number of aryl methyl sites for hydroxylation is 1. The second kappa shape index (κ2) is 6.95. The molecule has 7 heteroatoms. The van der Waals surface area contributed by atoms with E-state index in [-0.39, 0.29) is 24.4 Å². The highest BCUT2D eigenvalue weighted by Crippen LogP contribution is 2.22. The standard InChI is InChI=1S/C20H15NO6/c22-13-5-6-14-12(9-20(24)27-17(14)10-13)11-25-19(23)8-7-18-21-15-3-1-2-4-16(15)26-18/h1-6,9-10,22H,7-8,11H2. The molecule has 2 aromatic carbocycles. The lowest BCUT2D eigenvalue weighted by molar-refractivity contribution is -0.144. The van der Waals surface area contributed by atoms with Crippen LogP contribution in [0.5, 0.6) is 5.75 Å². The molecule has 136 valence electrons. The van der Waals surface area contributed by atoms with Crippen molar-refractivity contribution in [2.45, 2.75) is 19.4 Å². The van der Waals surface area contributed by atoms with Gasteiger partial charge in [0.2, 0.25) is 0 Å². The lowest BCUT2D eigenvalue weighted by Gasteiger charge is -2.07. The Morgan fingerprint density at radius 2 is 1.93 bits per heavy atom. The summed E-state index contributed by atoms with van der Waals surface area (Å²) in [6.07, 6.45) is 0.423. The van der Waals surface area contributed by atoms with Crippen LogP contribution in [0.15, 0.2) is 62.2 Å². The Labute approximate surface area is 152 Å².